The predicted molar refractivity (Wildman–Crippen MR) is 63.9 cm³/mol. The molecule has 14 heavy (non-hydrogen) atoms. The van der Waals surface area contributed by atoms with Gasteiger partial charge in [0.05, 0.1) is 0 Å². The fraction of sp³-hybridized carbons (Fsp3) is 0.800. The summed E-state index contributed by atoms with van der Waals surface area (Å²) in [7, 11) is 0. The van der Waals surface area contributed by atoms with Crippen molar-refractivity contribution in [2.75, 3.05) is 5.75 Å². The van der Waals surface area contributed by atoms with Crippen LogP contribution in [0.25, 0.3) is 0 Å². The summed E-state index contributed by atoms with van der Waals surface area (Å²) < 4.78 is 1.11. The lowest BCUT2D eigenvalue weighted by atomic mass is 10.0. The molecular weight excluding hydrogens is 212 g/mol. The van der Waals surface area contributed by atoms with Crippen molar-refractivity contribution in [3.63, 3.8) is 0 Å². The highest BCUT2D eigenvalue weighted by Crippen LogP contribution is 2.25. The third-order valence-electron chi connectivity index (χ3n) is 2.33. The molecule has 1 heterocycles. The lowest BCUT2D eigenvalue weighted by Crippen LogP contribution is -2.01. The second kappa shape index (κ2) is 7.23. The van der Waals surface area contributed by atoms with Crippen LogP contribution >= 0.6 is 23.1 Å². The van der Waals surface area contributed by atoms with Crippen molar-refractivity contribution in [2.24, 2.45) is 5.92 Å². The van der Waals surface area contributed by atoms with E-state index in [4.69, 9.17) is 0 Å². The van der Waals surface area contributed by atoms with E-state index in [1.807, 2.05) is 11.8 Å². The summed E-state index contributed by atoms with van der Waals surface area (Å²) in [6.45, 7) is 4.53. The summed E-state index contributed by atoms with van der Waals surface area (Å²) >= 11 is 3.50. The highest BCUT2D eigenvalue weighted by atomic mass is 32.2. The zero-order valence-corrected chi connectivity index (χ0v) is 10.5. The molecule has 0 saturated heterocycles. The molecule has 4 heteroatoms. The zero-order valence-electron chi connectivity index (χ0n) is 8.90. The molecule has 0 aliphatic heterocycles. The maximum Gasteiger partial charge on any atom is 0.174 e. The Morgan fingerprint density at radius 1 is 1.50 bits per heavy atom. The lowest BCUT2D eigenvalue weighted by Gasteiger charge is -2.12. The smallest absolute Gasteiger partial charge is 0.146 e. The van der Waals surface area contributed by atoms with E-state index in [-0.39, 0.29) is 0 Å². The van der Waals surface area contributed by atoms with Crippen LogP contribution in [0.4, 0.5) is 0 Å². The number of nitrogens with zero attached hydrogens (tertiary/aromatic N) is 2. The maximum absolute atomic E-state index is 4.03. The van der Waals surface area contributed by atoms with E-state index in [2.05, 4.69) is 24.0 Å². The Morgan fingerprint density at radius 3 is 2.93 bits per heavy atom. The van der Waals surface area contributed by atoms with Gasteiger partial charge in [-0.3, -0.25) is 0 Å². The summed E-state index contributed by atoms with van der Waals surface area (Å²) in [6, 6.07) is 0. The Labute approximate surface area is 94.5 Å². The summed E-state index contributed by atoms with van der Waals surface area (Å²) in [5.74, 6) is 2.05. The molecular formula is C10H18N2S2. The van der Waals surface area contributed by atoms with Gasteiger partial charge < -0.3 is 0 Å². The summed E-state index contributed by atoms with van der Waals surface area (Å²) in [5.41, 5.74) is 1.80. The number of rotatable bonds is 7. The molecule has 1 aromatic rings. The van der Waals surface area contributed by atoms with Crippen LogP contribution in [0, 0.1) is 5.92 Å². The van der Waals surface area contributed by atoms with Gasteiger partial charge in [0, 0.05) is 5.75 Å². The minimum Gasteiger partial charge on any atom is -0.146 e. The van der Waals surface area contributed by atoms with Crippen molar-refractivity contribution in [3.05, 3.63) is 5.51 Å². The molecule has 0 radical (unpaired) electrons. The Morgan fingerprint density at radius 2 is 2.36 bits per heavy atom. The van der Waals surface area contributed by atoms with Crippen LogP contribution in [0.1, 0.15) is 39.5 Å². The van der Waals surface area contributed by atoms with Crippen molar-refractivity contribution >= 4 is 23.1 Å². The number of thioether (sulfide) groups is 1. The monoisotopic (exact) mass is 230 g/mol. The van der Waals surface area contributed by atoms with E-state index < -0.39 is 0 Å². The van der Waals surface area contributed by atoms with E-state index >= 15 is 0 Å². The predicted octanol–water partition coefficient (Wildman–Crippen LogP) is 3.85. The molecule has 0 fully saturated rings. The van der Waals surface area contributed by atoms with Crippen molar-refractivity contribution in [1.29, 1.82) is 0 Å². The van der Waals surface area contributed by atoms with Crippen LogP contribution in [-0.4, -0.2) is 16.0 Å². The van der Waals surface area contributed by atoms with Gasteiger partial charge in [-0.05, 0) is 12.3 Å². The van der Waals surface area contributed by atoms with E-state index in [1.54, 1.807) is 16.8 Å². The van der Waals surface area contributed by atoms with Gasteiger partial charge in [-0.15, -0.1) is 10.2 Å². The molecule has 0 saturated carbocycles. The first-order chi connectivity index (χ1) is 6.86. The molecule has 1 aromatic heterocycles. The first kappa shape index (κ1) is 12.0. The minimum absolute atomic E-state index is 0.851. The van der Waals surface area contributed by atoms with Crippen molar-refractivity contribution in [2.45, 2.75) is 43.9 Å². The SMILES string of the molecule is CCCCC(CC)CSc1nncs1. The normalized spacial score (nSPS) is 13.0. The highest BCUT2D eigenvalue weighted by molar-refractivity contribution is 8.01. The van der Waals surface area contributed by atoms with Gasteiger partial charge in [-0.1, -0.05) is 56.2 Å². The molecule has 0 aliphatic carbocycles. The molecule has 80 valence electrons. The fourth-order valence-electron chi connectivity index (χ4n) is 1.31. The van der Waals surface area contributed by atoms with Crippen molar-refractivity contribution in [1.82, 2.24) is 10.2 Å². The van der Waals surface area contributed by atoms with Gasteiger partial charge >= 0.3 is 0 Å². The third kappa shape index (κ3) is 4.42. The van der Waals surface area contributed by atoms with Gasteiger partial charge in [-0.2, -0.15) is 0 Å². The molecule has 0 N–H and O–H groups in total. The van der Waals surface area contributed by atoms with Crippen LogP contribution in [0.2, 0.25) is 0 Å². The van der Waals surface area contributed by atoms with Gasteiger partial charge in [0.1, 0.15) is 5.51 Å². The molecule has 0 bridgehead atoms. The number of unbranched alkanes of at least 4 members (excludes halogenated alkanes) is 1. The van der Waals surface area contributed by atoms with Crippen LogP contribution in [-0.2, 0) is 0 Å². The molecule has 1 rings (SSSR count). The number of hydrogen-bond acceptors (Lipinski definition) is 4. The average molecular weight is 230 g/mol. The van der Waals surface area contributed by atoms with Gasteiger partial charge in [0.25, 0.3) is 0 Å². The zero-order chi connectivity index (χ0) is 10.2. The first-order valence-corrected chi connectivity index (χ1v) is 7.12. The minimum atomic E-state index is 0.851. The highest BCUT2D eigenvalue weighted by Gasteiger charge is 2.07. The van der Waals surface area contributed by atoms with Crippen molar-refractivity contribution < 1.29 is 0 Å². The van der Waals surface area contributed by atoms with E-state index in [9.17, 15) is 0 Å². The largest absolute Gasteiger partial charge is 0.174 e. The van der Waals surface area contributed by atoms with Crippen LogP contribution < -0.4 is 0 Å². The molecule has 2 nitrogen and oxygen atoms in total. The van der Waals surface area contributed by atoms with E-state index in [1.165, 1.54) is 31.4 Å². The summed E-state index contributed by atoms with van der Waals surface area (Å²) in [6.07, 6.45) is 5.31. The Kier molecular flexibility index (Phi) is 6.19. The first-order valence-electron chi connectivity index (χ1n) is 5.25. The Balaban J connectivity index is 2.20. The number of hydrogen-bond donors (Lipinski definition) is 0. The van der Waals surface area contributed by atoms with E-state index in [0.717, 1.165) is 10.3 Å². The van der Waals surface area contributed by atoms with Crippen molar-refractivity contribution in [3.8, 4) is 0 Å². The average Bonchev–Trinajstić information content (AvgIpc) is 2.71. The second-order valence-corrected chi connectivity index (χ2v) is 5.53. The van der Waals surface area contributed by atoms with Gasteiger partial charge in [0.15, 0.2) is 4.34 Å². The van der Waals surface area contributed by atoms with Crippen LogP contribution in [0.3, 0.4) is 0 Å². The third-order valence-corrected chi connectivity index (χ3v) is 4.42. The summed E-state index contributed by atoms with van der Waals surface area (Å²) in [5, 5.41) is 7.87. The molecule has 0 amide bonds. The second-order valence-electron chi connectivity index (χ2n) is 3.43. The maximum atomic E-state index is 4.03. The molecule has 0 aromatic carbocycles. The Bertz CT molecular complexity index is 224. The van der Waals surface area contributed by atoms with E-state index in [0.29, 0.717) is 0 Å². The summed E-state index contributed by atoms with van der Waals surface area (Å²) in [4.78, 5) is 0. The fourth-order valence-corrected chi connectivity index (χ4v) is 3.08. The quantitative estimate of drug-likeness (QED) is 0.665. The standard InChI is InChI=1S/C10H18N2S2/c1-3-5-6-9(4-2)7-13-10-12-11-8-14-10/h8-9H,3-7H2,1-2H3. The van der Waals surface area contributed by atoms with Gasteiger partial charge in [0.2, 0.25) is 0 Å². The molecule has 1 atom stereocenters. The molecule has 0 aliphatic rings. The molecule has 0 spiro atoms. The van der Waals surface area contributed by atoms with Crippen LogP contribution in [0.15, 0.2) is 9.85 Å². The molecule has 1 unspecified atom stereocenters. The van der Waals surface area contributed by atoms with Crippen LogP contribution in [0.5, 0.6) is 0 Å². The lowest BCUT2D eigenvalue weighted by molar-refractivity contribution is 0.499. The topological polar surface area (TPSA) is 25.8 Å². The Hall–Kier alpha value is -0.0900. The van der Waals surface area contributed by atoms with Gasteiger partial charge in [-0.25, -0.2) is 0 Å². The number of aromatic nitrogens is 2.